The summed E-state index contributed by atoms with van der Waals surface area (Å²) in [5.74, 6) is 0. The molecule has 8 N–H and O–H groups in total. The van der Waals surface area contributed by atoms with Crippen LogP contribution in [0, 0.1) is 6.92 Å². The highest BCUT2D eigenvalue weighted by Crippen LogP contribution is 2.39. The standard InChI is InChI=1S/C48H48F6N8/c1-30-23-33(60-41-25-35(47(49,50)51)37(55)27-42(41)59-32-15-9-7-10-16-32)19-20-39(30)57-21-13-5-3-4-6-14-22-58-40-29-46-43(24-31(40)2)61-44-26-36(48(52,53)54)38(56)28-45(44)62(46)34-17-11-8-12-18-34/h7-12,15-18,20,23-29,57,59H,3-6,13-14,19,21-22,55H2,1-2H3,(H2,56,58)/p+2. The summed E-state index contributed by atoms with van der Waals surface area (Å²) in [6.07, 6.45) is 1.52. The zero-order valence-corrected chi connectivity index (χ0v) is 34.6. The number of hydrogen-bond acceptors (Lipinski definition) is 6. The lowest BCUT2D eigenvalue weighted by atomic mass is 10.0. The van der Waals surface area contributed by atoms with E-state index in [2.05, 4.69) is 20.6 Å². The van der Waals surface area contributed by atoms with Crippen LogP contribution in [-0.2, 0) is 12.4 Å². The lowest BCUT2D eigenvalue weighted by molar-refractivity contribution is -0.538. The van der Waals surface area contributed by atoms with Gasteiger partial charge in [-0.05, 0) is 74.2 Å². The van der Waals surface area contributed by atoms with E-state index in [4.69, 9.17) is 11.5 Å². The molecule has 0 bridgehead atoms. The van der Waals surface area contributed by atoms with Gasteiger partial charge in [0.15, 0.2) is 5.69 Å². The van der Waals surface area contributed by atoms with Gasteiger partial charge in [0.2, 0.25) is 16.7 Å². The molecule has 62 heavy (non-hydrogen) atoms. The first-order valence-electron chi connectivity index (χ1n) is 20.7. The van der Waals surface area contributed by atoms with Crippen LogP contribution in [0.5, 0.6) is 0 Å². The molecule has 1 aliphatic carbocycles. The number of nitrogens with zero attached hydrogens (tertiary/aromatic N) is 3. The Labute approximate surface area is 356 Å². The summed E-state index contributed by atoms with van der Waals surface area (Å²) in [4.78, 5) is 9.33. The molecule has 0 fully saturated rings. The van der Waals surface area contributed by atoms with Crippen molar-refractivity contribution >= 4 is 61.9 Å². The Morgan fingerprint density at radius 3 is 1.94 bits per heavy atom. The second-order valence-electron chi connectivity index (χ2n) is 15.6. The highest BCUT2D eigenvalue weighted by molar-refractivity contribution is 6.00. The number of nitrogens with two attached hydrogens (primary N) is 3. The second kappa shape index (κ2) is 18.7. The minimum atomic E-state index is -4.60. The number of fused-ring (bicyclic) bond motifs is 2. The van der Waals surface area contributed by atoms with Gasteiger partial charge in [-0.25, -0.2) is 9.98 Å². The molecule has 0 saturated carbocycles. The minimum absolute atomic E-state index is 0.204. The smallest absolute Gasteiger partial charge is 0.398 e. The fourth-order valence-corrected chi connectivity index (χ4v) is 7.77. The first kappa shape index (κ1) is 43.7. The monoisotopic (exact) mass is 852 g/mol. The summed E-state index contributed by atoms with van der Waals surface area (Å²) in [7, 11) is 0. The van der Waals surface area contributed by atoms with Crippen LogP contribution in [-0.4, -0.2) is 23.8 Å². The fourth-order valence-electron chi connectivity index (χ4n) is 7.77. The van der Waals surface area contributed by atoms with Gasteiger partial charge in [0, 0.05) is 72.6 Å². The number of nitrogen functional groups attached to an aromatic ring is 2. The highest BCUT2D eigenvalue weighted by atomic mass is 19.4. The van der Waals surface area contributed by atoms with Crippen molar-refractivity contribution in [3.05, 3.63) is 137 Å². The van der Waals surface area contributed by atoms with E-state index >= 15 is 0 Å². The number of para-hydroxylation sites is 2. The van der Waals surface area contributed by atoms with E-state index < -0.39 is 23.5 Å². The fraction of sp³-hybridized carbons (Fsp3) is 0.271. The topological polar surface area (TPSA) is 122 Å². The maximum Gasteiger partial charge on any atom is 0.418 e. The number of alkyl halides is 6. The Bertz CT molecular complexity index is 2650. The number of halogens is 6. The molecule has 7 rings (SSSR count). The van der Waals surface area contributed by atoms with Gasteiger partial charge in [0.05, 0.1) is 16.8 Å². The predicted octanol–water partition coefficient (Wildman–Crippen LogP) is 11.1. The van der Waals surface area contributed by atoms with Crippen molar-refractivity contribution in [1.82, 2.24) is 10.3 Å². The van der Waals surface area contributed by atoms with Crippen LogP contribution in [0.2, 0.25) is 0 Å². The number of quaternary nitrogens is 1. The number of aliphatic imine (C=N–C) groups is 1. The molecular weight excluding hydrogens is 803 g/mol. The van der Waals surface area contributed by atoms with Crippen LogP contribution in [0.25, 0.3) is 27.8 Å². The number of benzene rings is 5. The van der Waals surface area contributed by atoms with E-state index in [0.717, 1.165) is 103 Å². The van der Waals surface area contributed by atoms with Gasteiger partial charge in [-0.3, -0.25) is 5.32 Å². The quantitative estimate of drug-likeness (QED) is 0.0232. The minimum Gasteiger partial charge on any atom is -0.398 e. The van der Waals surface area contributed by atoms with Crippen LogP contribution in [0.3, 0.4) is 0 Å². The summed E-state index contributed by atoms with van der Waals surface area (Å²) in [6, 6.07) is 27.4. The molecule has 0 spiro atoms. The van der Waals surface area contributed by atoms with E-state index in [-0.39, 0.29) is 22.6 Å². The molecule has 1 heterocycles. The van der Waals surface area contributed by atoms with E-state index in [9.17, 15) is 26.3 Å². The maximum atomic E-state index is 13.8. The third-order valence-electron chi connectivity index (χ3n) is 11.0. The Hall–Kier alpha value is -6.41. The van der Waals surface area contributed by atoms with Crippen molar-refractivity contribution in [2.45, 2.75) is 71.1 Å². The molecule has 0 aliphatic heterocycles. The SMILES string of the molecule is CC1=CC(=Nc2cc(C(F)(F)F)c(N)cc2[NH2+]c2ccccc2)CC=C1NCCCCCCCCNc1cc2c(cc1C)nc1cc(C(F)(F)F)c(N)cc1[n+]2-c1ccccc1. The second-order valence-corrected chi connectivity index (χ2v) is 15.6. The number of rotatable bonds is 15. The Kier molecular flexibility index (Phi) is 13.2. The van der Waals surface area contributed by atoms with Crippen LogP contribution in [0.15, 0.2) is 125 Å². The molecule has 14 heteroatoms. The molecule has 6 aromatic rings. The highest BCUT2D eigenvalue weighted by Gasteiger charge is 2.36. The average Bonchev–Trinajstić information content (AvgIpc) is 3.22. The molecule has 5 aromatic carbocycles. The number of anilines is 3. The van der Waals surface area contributed by atoms with Gasteiger partial charge in [-0.1, -0.05) is 68.2 Å². The van der Waals surface area contributed by atoms with E-state index in [1.165, 1.54) is 12.1 Å². The third-order valence-corrected chi connectivity index (χ3v) is 11.0. The number of unbranched alkanes of at least 4 members (excludes halogenated alkanes) is 5. The predicted molar refractivity (Wildman–Crippen MR) is 236 cm³/mol. The number of nitrogens with one attached hydrogen (secondary N) is 2. The van der Waals surface area contributed by atoms with E-state index in [0.29, 0.717) is 28.9 Å². The summed E-state index contributed by atoms with van der Waals surface area (Å²) in [6.45, 7) is 5.50. The van der Waals surface area contributed by atoms with Gasteiger partial charge in [-0.15, -0.1) is 4.57 Å². The summed E-state index contributed by atoms with van der Waals surface area (Å²) in [5, 5.41) is 8.87. The van der Waals surface area contributed by atoms with Crippen molar-refractivity contribution in [3.8, 4) is 5.69 Å². The normalized spacial score (nSPS) is 14.0. The molecule has 0 atom stereocenters. The van der Waals surface area contributed by atoms with Crippen molar-refractivity contribution in [2.75, 3.05) is 29.9 Å². The molecule has 1 aromatic heterocycles. The summed E-state index contributed by atoms with van der Waals surface area (Å²) < 4.78 is 84.5. The number of allylic oxidation sites excluding steroid dienone is 3. The van der Waals surface area contributed by atoms with E-state index in [1.807, 2.05) is 103 Å². The molecule has 0 unspecified atom stereocenters. The van der Waals surface area contributed by atoms with Crippen molar-refractivity contribution in [2.24, 2.45) is 4.99 Å². The lowest BCUT2D eigenvalue weighted by Gasteiger charge is -2.17. The van der Waals surface area contributed by atoms with Crippen LogP contribution >= 0.6 is 0 Å². The number of aryl methyl sites for hydroxylation is 1. The average molecular weight is 853 g/mol. The van der Waals surface area contributed by atoms with Gasteiger partial charge in [0.1, 0.15) is 22.4 Å². The van der Waals surface area contributed by atoms with Gasteiger partial charge in [0.25, 0.3) is 0 Å². The number of aromatic nitrogens is 2. The zero-order valence-electron chi connectivity index (χ0n) is 34.6. The van der Waals surface area contributed by atoms with Crippen molar-refractivity contribution < 1.29 is 36.2 Å². The summed E-state index contributed by atoms with van der Waals surface area (Å²) in [5.41, 5.74) is 18.1. The van der Waals surface area contributed by atoms with Crippen LogP contribution in [0.1, 0.15) is 68.6 Å². The molecule has 8 nitrogen and oxygen atoms in total. The molecule has 0 amide bonds. The Balaban J connectivity index is 0.893. The third kappa shape index (κ3) is 10.4. The van der Waals surface area contributed by atoms with Crippen LogP contribution in [0.4, 0.5) is 60.5 Å². The van der Waals surface area contributed by atoms with Gasteiger partial charge < -0.3 is 22.1 Å². The van der Waals surface area contributed by atoms with Crippen molar-refractivity contribution in [3.63, 3.8) is 0 Å². The largest absolute Gasteiger partial charge is 0.418 e. The zero-order chi connectivity index (χ0) is 44.0. The Morgan fingerprint density at radius 1 is 0.694 bits per heavy atom. The molecular formula is C48H50F6N8+2. The maximum absolute atomic E-state index is 13.8. The molecule has 0 radical (unpaired) electrons. The van der Waals surface area contributed by atoms with Gasteiger partial charge >= 0.3 is 12.4 Å². The van der Waals surface area contributed by atoms with E-state index in [1.54, 1.807) is 5.32 Å². The first-order chi connectivity index (χ1) is 29.7. The number of hydrogen-bond donors (Lipinski definition) is 5. The van der Waals surface area contributed by atoms with Crippen molar-refractivity contribution in [1.29, 1.82) is 0 Å². The van der Waals surface area contributed by atoms with Gasteiger partial charge in [-0.2, -0.15) is 26.3 Å². The Morgan fingerprint density at radius 2 is 1.27 bits per heavy atom. The molecule has 1 aliphatic rings. The lowest BCUT2D eigenvalue weighted by Crippen LogP contribution is -2.71. The molecule has 0 saturated heterocycles. The summed E-state index contributed by atoms with van der Waals surface area (Å²) >= 11 is 0. The van der Waals surface area contributed by atoms with Crippen LogP contribution < -0.4 is 32.0 Å². The first-order valence-corrected chi connectivity index (χ1v) is 20.7. The molecule has 322 valence electrons.